The molecule has 0 atom stereocenters. The molecule has 0 heterocycles. The third-order valence-electron chi connectivity index (χ3n) is 5.07. The van der Waals surface area contributed by atoms with Gasteiger partial charge < -0.3 is 9.84 Å². The minimum absolute atomic E-state index is 0. The van der Waals surface area contributed by atoms with Crippen LogP contribution in [0.2, 0.25) is 0 Å². The molecular weight excluding hydrogens is 561 g/mol. The average Bonchev–Trinajstić information content (AvgIpc) is 3.56. The molecule has 33 heavy (non-hydrogen) atoms. The predicted molar refractivity (Wildman–Crippen MR) is 137 cm³/mol. The minimum atomic E-state index is 0. The molecule has 0 unspecified atom stereocenters. The van der Waals surface area contributed by atoms with E-state index in [0.29, 0.717) is 6.61 Å². The van der Waals surface area contributed by atoms with Gasteiger partial charge in [-0.3, -0.25) is 0 Å². The largest absolute Gasteiger partial charge is 2.00 e. The number of phenols is 1. The number of benzene rings is 2. The smallest absolute Gasteiger partial charge is 0.508 e. The fraction of sp³-hybridized carbons (Fsp3) is 0.172. The zero-order valence-electron chi connectivity index (χ0n) is 18.7. The van der Waals surface area contributed by atoms with Crippen molar-refractivity contribution in [2.24, 2.45) is 0 Å². The van der Waals surface area contributed by atoms with E-state index in [1.165, 1.54) is 17.1 Å². The summed E-state index contributed by atoms with van der Waals surface area (Å²) in [5.74, 6) is 2.40. The van der Waals surface area contributed by atoms with E-state index in [0.717, 1.165) is 35.0 Å². The number of alkyl halides is 1. The SMILES string of the molecule is CC/C([C]1[CH][CH][CH][CH]1)=C(\c1ccc(O)cc1)c1ccc(OCCCBr)cc1.[CH]1[CH][CH][CH][CH]1.[Ru+2]. The Labute approximate surface area is 222 Å². The van der Waals surface area contributed by atoms with Crippen molar-refractivity contribution in [3.63, 3.8) is 0 Å². The van der Waals surface area contributed by atoms with Gasteiger partial charge in [0.25, 0.3) is 0 Å². The molecular formula is C29H29BrO2Ru+2. The second-order valence-electron chi connectivity index (χ2n) is 7.31. The van der Waals surface area contributed by atoms with Crippen molar-refractivity contribution in [3.05, 3.63) is 129 Å². The Bertz CT molecular complexity index is 812. The summed E-state index contributed by atoms with van der Waals surface area (Å²) in [7, 11) is 0. The van der Waals surface area contributed by atoms with E-state index < -0.39 is 0 Å². The van der Waals surface area contributed by atoms with Crippen LogP contribution in [0.1, 0.15) is 30.9 Å². The van der Waals surface area contributed by atoms with Gasteiger partial charge in [0, 0.05) is 11.2 Å². The third-order valence-corrected chi connectivity index (χ3v) is 5.63. The topological polar surface area (TPSA) is 29.5 Å². The second kappa shape index (κ2) is 15.7. The van der Waals surface area contributed by atoms with Crippen molar-refractivity contribution in [3.8, 4) is 11.5 Å². The Morgan fingerprint density at radius 1 is 0.788 bits per heavy atom. The third kappa shape index (κ3) is 8.87. The molecule has 0 aromatic heterocycles. The van der Waals surface area contributed by atoms with E-state index in [9.17, 15) is 5.11 Å². The molecule has 0 amide bonds. The van der Waals surface area contributed by atoms with Gasteiger partial charge in [-0.1, -0.05) is 52.7 Å². The molecule has 2 nitrogen and oxygen atoms in total. The molecule has 2 aromatic rings. The van der Waals surface area contributed by atoms with E-state index in [1.54, 1.807) is 12.1 Å². The Balaban J connectivity index is 0.000000568. The van der Waals surface area contributed by atoms with Crippen LogP contribution in [0.3, 0.4) is 0 Å². The van der Waals surface area contributed by atoms with E-state index in [1.807, 2.05) is 56.4 Å². The fourth-order valence-electron chi connectivity index (χ4n) is 3.53. The van der Waals surface area contributed by atoms with E-state index >= 15 is 0 Å². The summed E-state index contributed by atoms with van der Waals surface area (Å²) in [4.78, 5) is 0. The average molecular weight is 591 g/mol. The van der Waals surface area contributed by atoms with E-state index in [-0.39, 0.29) is 25.2 Å². The molecule has 0 bridgehead atoms. The monoisotopic (exact) mass is 590 g/mol. The molecule has 10 radical (unpaired) electrons. The number of hydrogen-bond donors (Lipinski definition) is 1. The van der Waals surface area contributed by atoms with Gasteiger partial charge in [-0.25, -0.2) is 0 Å². The van der Waals surface area contributed by atoms with Crippen molar-refractivity contribution in [1.82, 2.24) is 0 Å². The van der Waals surface area contributed by atoms with Crippen LogP contribution in [-0.4, -0.2) is 17.0 Å². The van der Waals surface area contributed by atoms with Crippen LogP contribution in [0.5, 0.6) is 11.5 Å². The quantitative estimate of drug-likeness (QED) is 0.200. The number of halogens is 1. The summed E-state index contributed by atoms with van der Waals surface area (Å²) in [6, 6.07) is 15.7. The van der Waals surface area contributed by atoms with Crippen molar-refractivity contribution in [1.29, 1.82) is 0 Å². The maximum atomic E-state index is 9.69. The molecule has 1 N–H and O–H groups in total. The molecule has 4 heteroatoms. The van der Waals surface area contributed by atoms with Gasteiger partial charge in [-0.15, -0.1) is 0 Å². The van der Waals surface area contributed by atoms with Gasteiger partial charge in [0.15, 0.2) is 0 Å². The maximum Gasteiger partial charge on any atom is 2.00 e. The van der Waals surface area contributed by atoms with Gasteiger partial charge in [0.1, 0.15) is 11.5 Å². The van der Waals surface area contributed by atoms with Crippen LogP contribution < -0.4 is 4.74 Å². The molecule has 170 valence electrons. The van der Waals surface area contributed by atoms with Crippen molar-refractivity contribution in [2.75, 3.05) is 11.9 Å². The van der Waals surface area contributed by atoms with Gasteiger partial charge in [0.2, 0.25) is 0 Å². The van der Waals surface area contributed by atoms with Crippen molar-refractivity contribution in [2.45, 2.75) is 19.8 Å². The molecule has 0 aliphatic heterocycles. The van der Waals surface area contributed by atoms with Crippen LogP contribution in [0.25, 0.3) is 5.57 Å². The first-order valence-corrected chi connectivity index (χ1v) is 12.1. The second-order valence-corrected chi connectivity index (χ2v) is 8.10. The summed E-state index contributed by atoms with van der Waals surface area (Å²) in [6.07, 6.45) is 20.3. The number of ether oxygens (including phenoxy) is 1. The van der Waals surface area contributed by atoms with Crippen molar-refractivity contribution < 1.29 is 29.3 Å². The number of aromatic hydroxyl groups is 1. The Morgan fingerprint density at radius 3 is 1.79 bits per heavy atom. The zero-order valence-corrected chi connectivity index (χ0v) is 22.1. The van der Waals surface area contributed by atoms with Gasteiger partial charge in [0.05, 0.1) is 6.61 Å². The minimum Gasteiger partial charge on any atom is -0.508 e. The molecule has 2 fully saturated rings. The van der Waals surface area contributed by atoms with Crippen LogP contribution in [0.4, 0.5) is 0 Å². The number of phenolic OH excluding ortho intramolecular Hbond substituents is 1. The number of allylic oxidation sites excluding steroid dienone is 1. The molecule has 4 rings (SSSR count). The van der Waals surface area contributed by atoms with Crippen LogP contribution in [0, 0.1) is 63.7 Å². The summed E-state index contributed by atoms with van der Waals surface area (Å²) < 4.78 is 5.78. The Hall–Kier alpha value is -1.12. The van der Waals surface area contributed by atoms with Crippen molar-refractivity contribution >= 4 is 21.5 Å². The fourth-order valence-corrected chi connectivity index (χ4v) is 3.76. The molecule has 2 aromatic carbocycles. The summed E-state index contributed by atoms with van der Waals surface area (Å²) in [5, 5.41) is 10.6. The molecule has 2 aliphatic carbocycles. The Kier molecular flexibility index (Phi) is 13.4. The first-order chi connectivity index (χ1) is 15.7. The van der Waals surface area contributed by atoms with Crippen LogP contribution in [0.15, 0.2) is 54.1 Å². The summed E-state index contributed by atoms with van der Waals surface area (Å²) >= 11 is 3.42. The molecule has 0 spiro atoms. The van der Waals surface area contributed by atoms with Gasteiger partial charge in [-0.2, -0.15) is 0 Å². The number of hydrogen-bond acceptors (Lipinski definition) is 2. The van der Waals surface area contributed by atoms with Crippen LogP contribution >= 0.6 is 15.9 Å². The maximum absolute atomic E-state index is 9.69. The summed E-state index contributed by atoms with van der Waals surface area (Å²) in [6.45, 7) is 2.89. The molecule has 2 aliphatic rings. The molecule has 2 saturated carbocycles. The van der Waals surface area contributed by atoms with Gasteiger partial charge in [-0.05, 0) is 112 Å². The van der Waals surface area contributed by atoms with Gasteiger partial charge >= 0.3 is 19.5 Å². The first-order valence-electron chi connectivity index (χ1n) is 10.9. The predicted octanol–water partition coefficient (Wildman–Crippen LogP) is 7.19. The summed E-state index contributed by atoms with van der Waals surface area (Å²) in [5.41, 5.74) is 4.72. The van der Waals surface area contributed by atoms with E-state index in [4.69, 9.17) is 4.74 Å². The Morgan fingerprint density at radius 2 is 1.30 bits per heavy atom. The number of rotatable bonds is 8. The molecule has 0 saturated heterocycles. The first kappa shape index (κ1) is 28.1. The van der Waals surface area contributed by atoms with E-state index in [2.05, 4.69) is 60.7 Å². The zero-order chi connectivity index (χ0) is 22.6. The van der Waals surface area contributed by atoms with Crippen LogP contribution in [-0.2, 0) is 19.5 Å². The standard InChI is InChI=1S/C24H24BrO2.C5H5.Ru/c1-2-23(18-6-3-4-7-18)24(19-8-12-21(26)13-9-19)20-10-14-22(15-11-20)27-17-5-16-25;1-2-4-5-3-1;/h3-4,6-15,26H,2,5,16-17H2,1H3;1-5H;/q;;+2/b24-23-;;. The normalized spacial score (nSPS) is 16.4.